The van der Waals surface area contributed by atoms with Crippen molar-refractivity contribution in [3.8, 4) is 33.4 Å². The molecule has 42 heavy (non-hydrogen) atoms. The molecule has 2 aliphatic rings. The van der Waals surface area contributed by atoms with Crippen LogP contribution in [0.25, 0.3) is 33.4 Å². The van der Waals surface area contributed by atoms with E-state index in [-0.39, 0.29) is 24.8 Å². The van der Waals surface area contributed by atoms with Gasteiger partial charge in [-0.3, -0.25) is 0 Å². The Labute approximate surface area is 271 Å². The summed E-state index contributed by atoms with van der Waals surface area (Å²) in [5.74, 6) is 0. The molecule has 6 rings (SSSR count). The Morgan fingerprint density at radius 3 is 1.74 bits per heavy atom. The first kappa shape index (κ1) is 32.4. The summed E-state index contributed by atoms with van der Waals surface area (Å²) >= 11 is -1.91. The van der Waals surface area contributed by atoms with E-state index in [1.165, 1.54) is 72.3 Å². The first-order valence-corrected chi connectivity index (χ1v) is 17.0. The minimum Gasteiger partial charge on any atom is -1.00 e. The Balaban J connectivity index is 0.00000202. The Morgan fingerprint density at radius 2 is 1.19 bits per heavy atom. The van der Waals surface area contributed by atoms with Crippen LogP contribution in [0.2, 0.25) is 0 Å². The van der Waals surface area contributed by atoms with Gasteiger partial charge in [-0.1, -0.05) is 0 Å². The van der Waals surface area contributed by atoms with Crippen molar-refractivity contribution < 1.29 is 42.2 Å². The summed E-state index contributed by atoms with van der Waals surface area (Å²) in [7, 11) is 0. The van der Waals surface area contributed by atoms with Gasteiger partial charge >= 0.3 is 248 Å². The first-order chi connectivity index (χ1) is 19.1. The van der Waals surface area contributed by atoms with Gasteiger partial charge in [0, 0.05) is 0 Å². The molecule has 0 amide bonds. The number of allylic oxidation sites excluding steroid dienone is 4. The SMILES string of the molecule is C[C](C)=[Ti+2]([C]1=CC=CC1)[c]1c(-c2c(C)cc(C)cc2C)ccc2c1Cc1cc(-c3c(C)cc(C)cc3C)ccc1-2.[Cl-].[Cl-]. The van der Waals surface area contributed by atoms with Crippen LogP contribution in [0.5, 0.6) is 0 Å². The largest absolute Gasteiger partial charge is 1.00 e. The minimum atomic E-state index is -1.91. The molecule has 0 heterocycles. The van der Waals surface area contributed by atoms with Gasteiger partial charge in [-0.15, -0.1) is 0 Å². The number of rotatable bonds is 4. The van der Waals surface area contributed by atoms with E-state index in [9.17, 15) is 0 Å². The van der Waals surface area contributed by atoms with Crippen molar-refractivity contribution in [1.29, 1.82) is 0 Å². The molecule has 4 aromatic carbocycles. The van der Waals surface area contributed by atoms with Gasteiger partial charge in [0.25, 0.3) is 0 Å². The predicted octanol–water partition coefficient (Wildman–Crippen LogP) is 3.75. The van der Waals surface area contributed by atoms with E-state index in [0.29, 0.717) is 0 Å². The fraction of sp³-hybridized carbons (Fsp3) is 0.256. The molecule has 0 aliphatic heterocycles. The van der Waals surface area contributed by atoms with Gasteiger partial charge in [0.1, 0.15) is 0 Å². The van der Waals surface area contributed by atoms with Crippen molar-refractivity contribution in [2.45, 2.75) is 68.2 Å². The molecule has 0 aromatic heterocycles. The van der Waals surface area contributed by atoms with Crippen LogP contribution in [-0.2, 0) is 23.8 Å². The van der Waals surface area contributed by atoms with Gasteiger partial charge in [0.2, 0.25) is 0 Å². The van der Waals surface area contributed by atoms with Crippen molar-refractivity contribution >= 4 is 7.68 Å². The Hall–Kier alpha value is -2.48. The van der Waals surface area contributed by atoms with Crippen LogP contribution < -0.4 is 28.7 Å². The third kappa shape index (κ3) is 5.60. The zero-order valence-corrected chi connectivity index (χ0v) is 29.2. The van der Waals surface area contributed by atoms with E-state index in [2.05, 4.69) is 128 Å². The molecule has 0 saturated heterocycles. The smallest absolute Gasteiger partial charge is 1.00 e. The van der Waals surface area contributed by atoms with E-state index < -0.39 is 17.4 Å². The van der Waals surface area contributed by atoms with Gasteiger partial charge in [-0.05, 0) is 0 Å². The van der Waals surface area contributed by atoms with Crippen LogP contribution in [0.3, 0.4) is 0 Å². The monoisotopic (exact) mass is 626 g/mol. The van der Waals surface area contributed by atoms with E-state index in [1.54, 1.807) is 17.1 Å². The predicted molar refractivity (Wildman–Crippen MR) is 172 cm³/mol. The normalized spacial score (nSPS) is 12.5. The average Bonchev–Trinajstić information content (AvgIpc) is 3.51. The molecular weight excluding hydrogens is 587 g/mol. The molecule has 4 aromatic rings. The molecule has 2 aliphatic carbocycles. The van der Waals surface area contributed by atoms with Crippen molar-refractivity contribution in [2.24, 2.45) is 0 Å². The summed E-state index contributed by atoms with van der Waals surface area (Å²) < 4.78 is 5.00. The second-order valence-corrected chi connectivity index (χ2v) is 16.8. The zero-order chi connectivity index (χ0) is 28.3. The molecule has 0 bridgehead atoms. The molecule has 0 radical (unpaired) electrons. The second-order valence-electron chi connectivity index (χ2n) is 12.3. The molecule has 0 unspecified atom stereocenters. The van der Waals surface area contributed by atoms with Gasteiger partial charge < -0.3 is 24.8 Å². The van der Waals surface area contributed by atoms with Gasteiger partial charge in [-0.25, -0.2) is 0 Å². The fourth-order valence-corrected chi connectivity index (χ4v) is 12.3. The number of hydrogen-bond acceptors (Lipinski definition) is 0. The molecule has 3 heteroatoms. The standard InChI is InChI=1S/C31H29.C5H5.C3H6.2ClH.Ti/c1-18-11-20(3)30(21(4)12-18)24-7-9-28-26(15-24)17-27-16-25(8-10-29(27)28)31-22(5)13-19(2)14-23(31)6;1-2-4-5-3-1;1-3-2;;;/h7-15H,17H2,1-6H3;1-3H,4H2;1-2H3;2*1H;/q;;;;;+2/p-2. The average molecular weight is 628 g/mol. The summed E-state index contributed by atoms with van der Waals surface area (Å²) in [5, 5.41) is 0. The van der Waals surface area contributed by atoms with Crippen molar-refractivity contribution in [3.05, 3.63) is 121 Å². The number of aryl methyl sites for hydroxylation is 6. The van der Waals surface area contributed by atoms with Crippen LogP contribution in [0.4, 0.5) is 0 Å². The summed E-state index contributed by atoms with van der Waals surface area (Å²) in [5.41, 5.74) is 19.8. The number of fused-ring (bicyclic) bond motifs is 3. The Bertz CT molecular complexity index is 1770. The van der Waals surface area contributed by atoms with Gasteiger partial charge in [0.15, 0.2) is 0 Å². The fourth-order valence-electron chi connectivity index (χ4n) is 7.53. The maximum Gasteiger partial charge on any atom is -1.00 e. The molecule has 0 atom stereocenters. The zero-order valence-electron chi connectivity index (χ0n) is 26.1. The van der Waals surface area contributed by atoms with Gasteiger partial charge in [0.05, 0.1) is 0 Å². The summed E-state index contributed by atoms with van der Waals surface area (Å²) in [6.45, 7) is 18.3. The van der Waals surface area contributed by atoms with Crippen LogP contribution in [0, 0.1) is 41.5 Å². The number of halogens is 2. The number of hydrogen-bond donors (Lipinski definition) is 0. The van der Waals surface area contributed by atoms with Crippen molar-refractivity contribution in [1.82, 2.24) is 0 Å². The topological polar surface area (TPSA) is 0 Å². The third-order valence-corrected chi connectivity index (χ3v) is 13.6. The maximum atomic E-state index is 2.49. The quantitative estimate of drug-likeness (QED) is 0.267. The summed E-state index contributed by atoms with van der Waals surface area (Å²) in [4.78, 5) is 0. The van der Waals surface area contributed by atoms with Crippen molar-refractivity contribution in [3.63, 3.8) is 0 Å². The van der Waals surface area contributed by atoms with Crippen LogP contribution >= 0.6 is 0 Å². The van der Waals surface area contributed by atoms with Gasteiger partial charge in [-0.2, -0.15) is 0 Å². The minimum absolute atomic E-state index is 0. The first-order valence-electron chi connectivity index (χ1n) is 14.6. The molecule has 0 spiro atoms. The summed E-state index contributed by atoms with van der Waals surface area (Å²) in [6.07, 6.45) is 9.20. The molecule has 0 N–H and O–H groups in total. The number of benzene rings is 4. The molecular formula is C39H40Cl2Ti. The van der Waals surface area contributed by atoms with E-state index in [0.717, 1.165) is 12.8 Å². The molecule has 214 valence electrons. The van der Waals surface area contributed by atoms with Crippen molar-refractivity contribution in [2.75, 3.05) is 0 Å². The molecule has 0 fully saturated rings. The van der Waals surface area contributed by atoms with E-state index >= 15 is 0 Å². The van der Waals surface area contributed by atoms with Crippen LogP contribution in [0.1, 0.15) is 64.8 Å². The van der Waals surface area contributed by atoms with E-state index in [4.69, 9.17) is 0 Å². The Kier molecular flexibility index (Phi) is 9.76. The van der Waals surface area contributed by atoms with E-state index in [1.807, 2.05) is 0 Å². The maximum absolute atomic E-state index is 2.49. The summed E-state index contributed by atoms with van der Waals surface area (Å²) in [6, 6.07) is 21.5. The Morgan fingerprint density at radius 1 is 0.643 bits per heavy atom. The van der Waals surface area contributed by atoms with Crippen LogP contribution in [-0.4, -0.2) is 3.81 Å². The molecule has 0 saturated carbocycles. The second kappa shape index (κ2) is 12.6. The van der Waals surface area contributed by atoms with Crippen LogP contribution in [0.15, 0.2) is 76.7 Å². The third-order valence-electron chi connectivity index (χ3n) is 8.83. The molecule has 0 nitrogen and oxygen atoms in total.